The molecule has 0 spiro atoms. The lowest BCUT2D eigenvalue weighted by Crippen LogP contribution is -2.41. The third kappa shape index (κ3) is 4.36. The van der Waals surface area contributed by atoms with E-state index in [1.54, 1.807) is 6.07 Å². The molecule has 0 unspecified atom stereocenters. The molecule has 0 aromatic heterocycles. The van der Waals surface area contributed by atoms with Gasteiger partial charge in [0.2, 0.25) is 0 Å². The van der Waals surface area contributed by atoms with E-state index in [0.29, 0.717) is 36.4 Å². The number of anilines is 1. The fourth-order valence-electron chi connectivity index (χ4n) is 2.57. The Morgan fingerprint density at radius 2 is 1.91 bits per heavy atom. The Labute approximate surface area is 142 Å². The van der Waals surface area contributed by atoms with Crippen LogP contribution >= 0.6 is 27.5 Å². The molecule has 1 aliphatic carbocycles. The Hall–Kier alpha value is -1.27. The number of rotatable bonds is 3. The first-order chi connectivity index (χ1) is 10.4. The second-order valence-electron chi connectivity index (χ2n) is 5.57. The molecule has 1 aliphatic rings. The Balaban J connectivity index is 1.89. The van der Waals surface area contributed by atoms with Crippen LogP contribution in [0.25, 0.3) is 0 Å². The number of benzene rings is 1. The maximum absolute atomic E-state index is 12.0. The smallest absolute Gasteiger partial charge is 0.319 e. The van der Waals surface area contributed by atoms with E-state index in [-0.39, 0.29) is 18.0 Å². The number of amides is 2. The Morgan fingerprint density at radius 1 is 1.27 bits per heavy atom. The van der Waals surface area contributed by atoms with Gasteiger partial charge in [-0.15, -0.1) is 0 Å². The highest BCUT2D eigenvalue weighted by molar-refractivity contribution is 9.10. The summed E-state index contributed by atoms with van der Waals surface area (Å²) in [6.45, 7) is 1.89. The molecule has 5 nitrogen and oxygen atoms in total. The lowest BCUT2D eigenvalue weighted by Gasteiger charge is -2.26. The molecule has 120 valence electrons. The standard InChI is InChI=1S/C15H18BrClN2O3/c1-8-6-11(16)13(7-12(8)17)19-15(22)18-10-4-2-9(3-5-10)14(20)21/h6-7,9-10H,2-5H2,1H3,(H,20,21)(H2,18,19,22). The highest BCUT2D eigenvalue weighted by Gasteiger charge is 2.26. The van der Waals surface area contributed by atoms with Gasteiger partial charge in [-0.05, 0) is 66.2 Å². The van der Waals surface area contributed by atoms with Gasteiger partial charge >= 0.3 is 12.0 Å². The van der Waals surface area contributed by atoms with Crippen molar-refractivity contribution in [3.63, 3.8) is 0 Å². The van der Waals surface area contributed by atoms with Crippen LogP contribution < -0.4 is 10.6 Å². The lowest BCUT2D eigenvalue weighted by molar-refractivity contribution is -0.142. The van der Waals surface area contributed by atoms with E-state index in [1.165, 1.54) is 0 Å². The maximum atomic E-state index is 12.0. The second-order valence-corrected chi connectivity index (χ2v) is 6.83. The molecule has 0 heterocycles. The number of urea groups is 1. The number of carboxylic acids is 1. The van der Waals surface area contributed by atoms with Gasteiger partial charge in [0.15, 0.2) is 0 Å². The van der Waals surface area contributed by atoms with Gasteiger partial charge in [-0.3, -0.25) is 4.79 Å². The summed E-state index contributed by atoms with van der Waals surface area (Å²) in [5, 5.41) is 15.2. The van der Waals surface area contributed by atoms with Crippen molar-refractivity contribution in [3.05, 3.63) is 27.2 Å². The minimum Gasteiger partial charge on any atom is -0.481 e. The summed E-state index contributed by atoms with van der Waals surface area (Å²) in [6, 6.07) is 3.24. The normalized spacial score (nSPS) is 21.2. The first kappa shape index (κ1) is 17.1. The van der Waals surface area contributed by atoms with Crippen molar-refractivity contribution in [3.8, 4) is 0 Å². The van der Waals surface area contributed by atoms with Crippen LogP contribution in [0.5, 0.6) is 0 Å². The quantitative estimate of drug-likeness (QED) is 0.726. The molecular weight excluding hydrogens is 372 g/mol. The molecule has 1 saturated carbocycles. The first-order valence-corrected chi connectivity index (χ1v) is 8.30. The van der Waals surface area contributed by atoms with Gasteiger partial charge in [0.25, 0.3) is 0 Å². The van der Waals surface area contributed by atoms with Crippen LogP contribution in [-0.2, 0) is 4.79 Å². The average Bonchev–Trinajstić information content (AvgIpc) is 2.45. The molecule has 0 saturated heterocycles. The van der Waals surface area contributed by atoms with E-state index in [0.717, 1.165) is 10.0 Å². The van der Waals surface area contributed by atoms with Crippen LogP contribution in [0.15, 0.2) is 16.6 Å². The molecule has 0 bridgehead atoms. The van der Waals surface area contributed by atoms with Gasteiger partial charge in [0.1, 0.15) is 0 Å². The number of nitrogens with one attached hydrogen (secondary N) is 2. The van der Waals surface area contributed by atoms with Crippen molar-refractivity contribution in [2.75, 3.05) is 5.32 Å². The SMILES string of the molecule is Cc1cc(Br)c(NC(=O)NC2CCC(C(=O)O)CC2)cc1Cl. The molecule has 0 radical (unpaired) electrons. The van der Waals surface area contributed by atoms with Gasteiger partial charge in [0, 0.05) is 15.5 Å². The number of aliphatic carboxylic acids is 1. The van der Waals surface area contributed by atoms with Gasteiger partial charge in [-0.2, -0.15) is 0 Å². The van der Waals surface area contributed by atoms with Crippen LogP contribution in [0, 0.1) is 12.8 Å². The topological polar surface area (TPSA) is 78.4 Å². The Bertz CT molecular complexity index is 586. The number of carbonyl (C=O) groups is 2. The fourth-order valence-corrected chi connectivity index (χ4v) is 3.29. The Kier molecular flexibility index (Phi) is 5.69. The average molecular weight is 390 g/mol. The molecule has 1 aromatic rings. The second kappa shape index (κ2) is 7.33. The minimum atomic E-state index is -0.749. The summed E-state index contributed by atoms with van der Waals surface area (Å²) in [5.74, 6) is -1.03. The molecule has 0 atom stereocenters. The van der Waals surface area contributed by atoms with E-state index in [4.69, 9.17) is 16.7 Å². The summed E-state index contributed by atoms with van der Waals surface area (Å²) < 4.78 is 0.763. The molecule has 1 fully saturated rings. The summed E-state index contributed by atoms with van der Waals surface area (Å²) in [7, 11) is 0. The molecule has 1 aromatic carbocycles. The zero-order chi connectivity index (χ0) is 16.3. The maximum Gasteiger partial charge on any atom is 0.319 e. The van der Waals surface area contributed by atoms with Gasteiger partial charge in [-0.1, -0.05) is 11.6 Å². The van der Waals surface area contributed by atoms with E-state index in [2.05, 4.69) is 26.6 Å². The summed E-state index contributed by atoms with van der Waals surface area (Å²) >= 11 is 9.45. The monoisotopic (exact) mass is 388 g/mol. The van der Waals surface area contributed by atoms with Crippen molar-refractivity contribution in [1.82, 2.24) is 5.32 Å². The largest absolute Gasteiger partial charge is 0.481 e. The van der Waals surface area contributed by atoms with Crippen LogP contribution in [0.4, 0.5) is 10.5 Å². The molecular formula is C15H18BrClN2O3. The number of halogens is 2. The summed E-state index contributed by atoms with van der Waals surface area (Å²) in [4.78, 5) is 22.9. The number of hydrogen-bond acceptors (Lipinski definition) is 2. The van der Waals surface area contributed by atoms with Gasteiger partial charge in [0.05, 0.1) is 11.6 Å². The van der Waals surface area contributed by atoms with Crippen LogP contribution in [0.1, 0.15) is 31.2 Å². The number of carboxylic acid groups (broad SMARTS) is 1. The lowest BCUT2D eigenvalue weighted by atomic mass is 9.86. The number of carbonyl (C=O) groups excluding carboxylic acids is 1. The zero-order valence-electron chi connectivity index (χ0n) is 12.2. The number of hydrogen-bond donors (Lipinski definition) is 3. The molecule has 0 aliphatic heterocycles. The third-order valence-corrected chi connectivity index (χ3v) is 4.97. The van der Waals surface area contributed by atoms with Crippen molar-refractivity contribution in [2.24, 2.45) is 5.92 Å². The fraction of sp³-hybridized carbons (Fsp3) is 0.467. The highest BCUT2D eigenvalue weighted by atomic mass is 79.9. The Morgan fingerprint density at radius 3 is 2.50 bits per heavy atom. The molecule has 2 rings (SSSR count). The molecule has 7 heteroatoms. The van der Waals surface area contributed by atoms with Crippen LogP contribution in [0.2, 0.25) is 5.02 Å². The highest BCUT2D eigenvalue weighted by Crippen LogP contribution is 2.29. The van der Waals surface area contributed by atoms with E-state index in [1.807, 2.05) is 13.0 Å². The summed E-state index contributed by atoms with van der Waals surface area (Å²) in [6.07, 6.45) is 2.56. The van der Waals surface area contributed by atoms with Crippen LogP contribution in [0.3, 0.4) is 0 Å². The van der Waals surface area contributed by atoms with Crippen LogP contribution in [-0.4, -0.2) is 23.1 Å². The van der Waals surface area contributed by atoms with E-state index in [9.17, 15) is 9.59 Å². The van der Waals surface area contributed by atoms with Gasteiger partial charge in [-0.25, -0.2) is 4.79 Å². The first-order valence-electron chi connectivity index (χ1n) is 7.12. The van der Waals surface area contributed by atoms with E-state index >= 15 is 0 Å². The van der Waals surface area contributed by atoms with Crippen molar-refractivity contribution in [1.29, 1.82) is 0 Å². The van der Waals surface area contributed by atoms with Gasteiger partial charge < -0.3 is 15.7 Å². The van der Waals surface area contributed by atoms with Crippen molar-refractivity contribution < 1.29 is 14.7 Å². The predicted molar refractivity (Wildman–Crippen MR) is 89.4 cm³/mol. The predicted octanol–water partition coefficient (Wildman–Crippen LogP) is 4.18. The van der Waals surface area contributed by atoms with E-state index < -0.39 is 5.97 Å². The molecule has 2 amide bonds. The molecule has 22 heavy (non-hydrogen) atoms. The zero-order valence-corrected chi connectivity index (χ0v) is 14.5. The summed E-state index contributed by atoms with van der Waals surface area (Å²) in [5.41, 5.74) is 1.53. The number of aryl methyl sites for hydroxylation is 1. The van der Waals surface area contributed by atoms with Crippen molar-refractivity contribution >= 4 is 45.2 Å². The molecule has 3 N–H and O–H groups in total. The van der Waals surface area contributed by atoms with Crippen molar-refractivity contribution in [2.45, 2.75) is 38.6 Å². The third-order valence-electron chi connectivity index (χ3n) is 3.91. The minimum absolute atomic E-state index is 0.00953.